The maximum atomic E-state index is 12.9. The van der Waals surface area contributed by atoms with Gasteiger partial charge in [0.25, 0.3) is 5.91 Å². The Hall–Kier alpha value is -4.14. The smallest absolute Gasteiger partial charge is 0.255 e. The van der Waals surface area contributed by atoms with Crippen LogP contribution in [0, 0.1) is 6.92 Å². The summed E-state index contributed by atoms with van der Waals surface area (Å²) in [5, 5.41) is 6.27. The Kier molecular flexibility index (Phi) is 7.25. The molecule has 8 nitrogen and oxygen atoms in total. The van der Waals surface area contributed by atoms with E-state index in [1.54, 1.807) is 18.6 Å². The number of hydrogen-bond acceptors (Lipinski definition) is 7. The highest BCUT2D eigenvalue weighted by molar-refractivity contribution is 6.04. The van der Waals surface area contributed by atoms with Crippen LogP contribution in [0.25, 0.3) is 11.3 Å². The summed E-state index contributed by atoms with van der Waals surface area (Å²) in [6.07, 6.45) is 5.20. The van der Waals surface area contributed by atoms with E-state index in [0.29, 0.717) is 11.5 Å². The zero-order valence-corrected chi connectivity index (χ0v) is 20.1. The van der Waals surface area contributed by atoms with Crippen LogP contribution in [-0.2, 0) is 11.3 Å². The van der Waals surface area contributed by atoms with Gasteiger partial charge in [0.2, 0.25) is 5.95 Å². The van der Waals surface area contributed by atoms with Gasteiger partial charge >= 0.3 is 0 Å². The van der Waals surface area contributed by atoms with Gasteiger partial charge in [0.15, 0.2) is 0 Å². The normalized spacial score (nSPS) is 13.8. The van der Waals surface area contributed by atoms with Crippen molar-refractivity contribution < 1.29 is 9.53 Å². The van der Waals surface area contributed by atoms with Crippen LogP contribution in [0.4, 0.5) is 17.3 Å². The molecule has 0 atom stereocenters. The lowest BCUT2D eigenvalue weighted by Gasteiger charge is -2.26. The molecule has 5 rings (SSSR count). The predicted octanol–water partition coefficient (Wildman–Crippen LogP) is 4.68. The lowest BCUT2D eigenvalue weighted by atomic mass is 10.1. The lowest BCUT2D eigenvalue weighted by Crippen LogP contribution is -2.35. The Labute approximate surface area is 210 Å². The predicted molar refractivity (Wildman–Crippen MR) is 140 cm³/mol. The number of aromatic nitrogens is 3. The monoisotopic (exact) mass is 480 g/mol. The summed E-state index contributed by atoms with van der Waals surface area (Å²) in [4.78, 5) is 28.4. The summed E-state index contributed by atoms with van der Waals surface area (Å²) in [7, 11) is 0. The number of nitrogens with zero attached hydrogens (tertiary/aromatic N) is 4. The first-order valence-electron chi connectivity index (χ1n) is 12.0. The molecule has 36 heavy (non-hydrogen) atoms. The fraction of sp³-hybridized carbons (Fsp3) is 0.214. The fourth-order valence-corrected chi connectivity index (χ4v) is 4.03. The van der Waals surface area contributed by atoms with Crippen LogP contribution in [0.1, 0.15) is 21.5 Å². The van der Waals surface area contributed by atoms with Gasteiger partial charge in [0.1, 0.15) is 0 Å². The van der Waals surface area contributed by atoms with Gasteiger partial charge in [-0.1, -0.05) is 18.2 Å². The van der Waals surface area contributed by atoms with Gasteiger partial charge < -0.3 is 15.4 Å². The first-order valence-corrected chi connectivity index (χ1v) is 12.0. The number of rotatable bonds is 7. The van der Waals surface area contributed by atoms with Crippen molar-refractivity contribution in [2.75, 3.05) is 36.9 Å². The molecule has 182 valence electrons. The molecule has 1 amide bonds. The van der Waals surface area contributed by atoms with Crippen molar-refractivity contribution in [2.45, 2.75) is 13.5 Å². The van der Waals surface area contributed by atoms with Gasteiger partial charge in [-0.15, -0.1) is 0 Å². The van der Waals surface area contributed by atoms with Crippen molar-refractivity contribution in [3.8, 4) is 11.3 Å². The number of benzene rings is 2. The third kappa shape index (κ3) is 5.91. The van der Waals surface area contributed by atoms with E-state index >= 15 is 0 Å². The molecule has 1 saturated heterocycles. The Balaban J connectivity index is 1.25. The molecular formula is C28H28N6O2. The highest BCUT2D eigenvalue weighted by Gasteiger charge is 2.13. The number of ether oxygens (including phenoxy) is 1. The highest BCUT2D eigenvalue weighted by atomic mass is 16.5. The molecule has 2 N–H and O–H groups in total. The molecule has 0 unspecified atom stereocenters. The minimum Gasteiger partial charge on any atom is -0.379 e. The Morgan fingerprint density at radius 3 is 2.64 bits per heavy atom. The largest absolute Gasteiger partial charge is 0.379 e. The van der Waals surface area contributed by atoms with Crippen molar-refractivity contribution in [2.24, 2.45) is 0 Å². The summed E-state index contributed by atoms with van der Waals surface area (Å²) >= 11 is 0. The molecule has 4 aromatic rings. The molecule has 3 heterocycles. The van der Waals surface area contributed by atoms with Crippen molar-refractivity contribution in [3.05, 3.63) is 95.9 Å². The van der Waals surface area contributed by atoms with Gasteiger partial charge in [-0.05, 0) is 60.5 Å². The summed E-state index contributed by atoms with van der Waals surface area (Å²) < 4.78 is 5.41. The number of amides is 1. The molecule has 0 bridgehead atoms. The van der Waals surface area contributed by atoms with Crippen molar-refractivity contribution >= 4 is 23.2 Å². The molecular weight excluding hydrogens is 452 g/mol. The van der Waals surface area contributed by atoms with E-state index in [0.717, 1.165) is 61.0 Å². The molecule has 0 aliphatic carbocycles. The van der Waals surface area contributed by atoms with E-state index in [-0.39, 0.29) is 5.91 Å². The van der Waals surface area contributed by atoms with Crippen LogP contribution in [0.2, 0.25) is 0 Å². The van der Waals surface area contributed by atoms with E-state index in [9.17, 15) is 4.79 Å². The molecule has 1 aliphatic heterocycles. The number of nitrogens with one attached hydrogen (secondary N) is 2. The first kappa shape index (κ1) is 23.6. The van der Waals surface area contributed by atoms with E-state index in [1.807, 2.05) is 67.6 Å². The zero-order valence-electron chi connectivity index (χ0n) is 20.1. The molecule has 0 spiro atoms. The lowest BCUT2D eigenvalue weighted by molar-refractivity contribution is 0.0342. The summed E-state index contributed by atoms with van der Waals surface area (Å²) in [5.74, 6) is 0.316. The average Bonchev–Trinajstić information content (AvgIpc) is 2.92. The van der Waals surface area contributed by atoms with Gasteiger partial charge in [-0.25, -0.2) is 9.97 Å². The van der Waals surface area contributed by atoms with Gasteiger partial charge in [0, 0.05) is 60.7 Å². The topological polar surface area (TPSA) is 92.3 Å². The molecule has 1 fully saturated rings. The second-order valence-electron chi connectivity index (χ2n) is 8.70. The molecule has 8 heteroatoms. The first-order chi connectivity index (χ1) is 17.6. The van der Waals surface area contributed by atoms with Crippen molar-refractivity contribution in [1.29, 1.82) is 0 Å². The number of pyridine rings is 1. The van der Waals surface area contributed by atoms with Gasteiger partial charge in [0.05, 0.1) is 18.9 Å². The second-order valence-corrected chi connectivity index (χ2v) is 8.70. The van der Waals surface area contributed by atoms with Crippen LogP contribution < -0.4 is 10.6 Å². The van der Waals surface area contributed by atoms with Crippen LogP contribution in [0.3, 0.4) is 0 Å². The molecule has 2 aromatic heterocycles. The highest BCUT2D eigenvalue weighted by Crippen LogP contribution is 2.24. The van der Waals surface area contributed by atoms with Gasteiger partial charge in [-0.3, -0.25) is 14.7 Å². The number of aryl methyl sites for hydroxylation is 1. The summed E-state index contributed by atoms with van der Waals surface area (Å²) in [6.45, 7) is 6.24. The average molecular weight is 481 g/mol. The quantitative estimate of drug-likeness (QED) is 0.397. The fourth-order valence-electron chi connectivity index (χ4n) is 4.03. The van der Waals surface area contributed by atoms with E-state index in [2.05, 4.69) is 30.5 Å². The Bertz CT molecular complexity index is 1320. The Morgan fingerprint density at radius 2 is 1.86 bits per heavy atom. The number of carbonyl (C=O) groups excluding carboxylic acids is 1. The van der Waals surface area contributed by atoms with Crippen LogP contribution in [0.5, 0.6) is 0 Å². The minimum atomic E-state index is -0.150. The standard InChI is InChI=1S/C28H28N6O2/c1-20-4-9-24(31-28-30-12-10-25(33-28)23-3-2-11-29-18-23)17-26(20)32-27(35)22-7-5-21(6-8-22)19-34-13-15-36-16-14-34/h2-12,17-18H,13-16,19H2,1H3,(H,32,35)(H,30,31,33). The third-order valence-electron chi connectivity index (χ3n) is 6.08. The van der Waals surface area contributed by atoms with E-state index < -0.39 is 0 Å². The Morgan fingerprint density at radius 1 is 1.03 bits per heavy atom. The summed E-state index contributed by atoms with van der Waals surface area (Å²) in [5.41, 5.74) is 5.96. The maximum absolute atomic E-state index is 12.9. The van der Waals surface area contributed by atoms with E-state index in [4.69, 9.17) is 4.74 Å². The van der Waals surface area contributed by atoms with Crippen molar-refractivity contribution in [1.82, 2.24) is 19.9 Å². The molecule has 1 aliphatic rings. The van der Waals surface area contributed by atoms with Gasteiger partial charge in [-0.2, -0.15) is 0 Å². The molecule has 0 radical (unpaired) electrons. The van der Waals surface area contributed by atoms with Crippen LogP contribution in [-0.4, -0.2) is 52.1 Å². The van der Waals surface area contributed by atoms with E-state index in [1.165, 1.54) is 5.56 Å². The molecule has 0 saturated carbocycles. The molecule has 2 aromatic carbocycles. The maximum Gasteiger partial charge on any atom is 0.255 e. The second kappa shape index (κ2) is 11.1. The van der Waals surface area contributed by atoms with Crippen LogP contribution >= 0.6 is 0 Å². The third-order valence-corrected chi connectivity index (χ3v) is 6.08. The summed E-state index contributed by atoms with van der Waals surface area (Å²) in [6, 6.07) is 19.2. The number of hydrogen-bond donors (Lipinski definition) is 2. The minimum absolute atomic E-state index is 0.150. The number of anilines is 3. The SMILES string of the molecule is Cc1ccc(Nc2nccc(-c3cccnc3)n2)cc1NC(=O)c1ccc(CN2CCOCC2)cc1. The zero-order chi connectivity index (χ0) is 24.7. The van der Waals surface area contributed by atoms with Crippen molar-refractivity contribution in [3.63, 3.8) is 0 Å². The van der Waals surface area contributed by atoms with Crippen LogP contribution in [0.15, 0.2) is 79.3 Å². The number of morpholine rings is 1. The number of carbonyl (C=O) groups is 1.